The number of ether oxygens (including phenoxy) is 1. The number of aliphatic hydroxyl groups is 1. The van der Waals surface area contributed by atoms with E-state index in [4.69, 9.17) is 4.74 Å². The summed E-state index contributed by atoms with van der Waals surface area (Å²) in [6.45, 7) is 1.86. The van der Waals surface area contributed by atoms with Gasteiger partial charge in [0, 0.05) is 13.5 Å². The Bertz CT molecular complexity index is 1520. The lowest BCUT2D eigenvalue weighted by atomic mass is 9.79. The van der Waals surface area contributed by atoms with Crippen LogP contribution in [0.25, 0.3) is 0 Å². The molecule has 5 aromatic carbocycles. The number of benzene rings is 5. The van der Waals surface area contributed by atoms with Crippen LogP contribution < -0.4 is 0 Å². The van der Waals surface area contributed by atoms with E-state index in [9.17, 15) is 14.3 Å². The Hall–Kier alpha value is -4.58. The van der Waals surface area contributed by atoms with Gasteiger partial charge in [-0.25, -0.2) is 4.39 Å². The lowest BCUT2D eigenvalue weighted by molar-refractivity contribution is -0.134. The predicted molar refractivity (Wildman–Crippen MR) is 177 cm³/mol. The maximum atomic E-state index is 14.1. The highest BCUT2D eigenvalue weighted by Gasteiger charge is 2.40. The van der Waals surface area contributed by atoms with Crippen LogP contribution in [0.2, 0.25) is 0 Å². The first kappa shape index (κ1) is 31.8. The molecule has 230 valence electrons. The average Bonchev–Trinajstić information content (AvgIpc) is 3.10. The SMILES string of the molecule is C[C@@H]([C@@H](O)c1ccccc1)N(C)C(=O)CCC[C@H](OC(c1ccccc1)(c1ccccc1)c1ccccc1)c1ccc(F)cc1. The molecule has 5 rings (SSSR count). The van der Waals surface area contributed by atoms with Crippen LogP contribution in [-0.2, 0) is 15.1 Å². The van der Waals surface area contributed by atoms with Crippen molar-refractivity contribution in [2.24, 2.45) is 0 Å². The molecule has 0 fully saturated rings. The fraction of sp³-hybridized carbons (Fsp3) is 0.225. The highest BCUT2D eigenvalue weighted by molar-refractivity contribution is 5.76. The zero-order valence-electron chi connectivity index (χ0n) is 25.8. The van der Waals surface area contributed by atoms with Crippen molar-refractivity contribution in [1.82, 2.24) is 4.90 Å². The second-order valence-electron chi connectivity index (χ2n) is 11.4. The number of rotatable bonds is 13. The zero-order valence-corrected chi connectivity index (χ0v) is 25.8. The van der Waals surface area contributed by atoms with E-state index in [0.29, 0.717) is 12.8 Å². The van der Waals surface area contributed by atoms with Crippen molar-refractivity contribution in [3.63, 3.8) is 0 Å². The van der Waals surface area contributed by atoms with E-state index in [1.54, 1.807) is 24.1 Å². The number of hydrogen-bond donors (Lipinski definition) is 1. The van der Waals surface area contributed by atoms with Crippen LogP contribution in [0.1, 0.15) is 66.2 Å². The van der Waals surface area contributed by atoms with E-state index < -0.39 is 23.9 Å². The molecular weight excluding hydrogens is 561 g/mol. The first-order valence-corrected chi connectivity index (χ1v) is 15.5. The number of hydrogen-bond acceptors (Lipinski definition) is 3. The van der Waals surface area contributed by atoms with Gasteiger partial charge in [0.25, 0.3) is 0 Å². The molecule has 0 radical (unpaired) electrons. The standard InChI is InChI=1S/C40H40FNO3/c1-30(39(44)32-16-7-3-8-17-32)42(2)38(43)25-15-24-37(31-26-28-36(41)29-27-31)45-40(33-18-9-4-10-19-33,34-20-11-5-12-21-34)35-22-13-6-14-23-35/h3-14,16-23,26-30,37,39,44H,15,24-25H2,1-2H3/t30-,37-,39+/m0/s1. The van der Waals surface area contributed by atoms with E-state index in [1.165, 1.54) is 12.1 Å². The monoisotopic (exact) mass is 601 g/mol. The molecular formula is C40H40FNO3. The molecule has 45 heavy (non-hydrogen) atoms. The van der Waals surface area contributed by atoms with E-state index in [2.05, 4.69) is 36.4 Å². The normalized spacial score (nSPS) is 13.5. The third kappa shape index (κ3) is 7.39. The van der Waals surface area contributed by atoms with Gasteiger partial charge in [0.05, 0.1) is 18.2 Å². The predicted octanol–water partition coefficient (Wildman–Crippen LogP) is 8.63. The van der Waals surface area contributed by atoms with Crippen LogP contribution in [0.3, 0.4) is 0 Å². The van der Waals surface area contributed by atoms with Gasteiger partial charge in [0.15, 0.2) is 0 Å². The van der Waals surface area contributed by atoms with Crippen molar-refractivity contribution in [1.29, 1.82) is 0 Å². The van der Waals surface area contributed by atoms with Gasteiger partial charge in [-0.3, -0.25) is 4.79 Å². The van der Waals surface area contributed by atoms with Crippen molar-refractivity contribution in [3.05, 3.63) is 179 Å². The lowest BCUT2D eigenvalue weighted by Crippen LogP contribution is -2.39. The van der Waals surface area contributed by atoms with Crippen LogP contribution >= 0.6 is 0 Å². The van der Waals surface area contributed by atoms with Crippen LogP contribution in [0.5, 0.6) is 0 Å². The first-order valence-electron chi connectivity index (χ1n) is 15.5. The number of aliphatic hydroxyl groups excluding tert-OH is 1. The molecule has 0 aliphatic carbocycles. The minimum atomic E-state index is -0.974. The largest absolute Gasteiger partial charge is 0.386 e. The molecule has 3 atom stereocenters. The maximum absolute atomic E-state index is 14.1. The molecule has 0 aromatic heterocycles. The number of halogens is 1. The van der Waals surface area contributed by atoms with Gasteiger partial charge in [0.1, 0.15) is 11.4 Å². The van der Waals surface area contributed by atoms with Crippen LogP contribution in [0, 0.1) is 5.82 Å². The summed E-state index contributed by atoms with van der Waals surface area (Å²) in [6, 6.07) is 45.8. The maximum Gasteiger partial charge on any atom is 0.222 e. The summed E-state index contributed by atoms with van der Waals surface area (Å²) in [5, 5.41) is 10.9. The van der Waals surface area contributed by atoms with Crippen molar-refractivity contribution < 1.29 is 19.0 Å². The fourth-order valence-electron chi connectivity index (χ4n) is 5.89. The molecule has 1 N–H and O–H groups in total. The highest BCUT2D eigenvalue weighted by Crippen LogP contribution is 2.45. The minimum absolute atomic E-state index is 0.0595. The topological polar surface area (TPSA) is 49.8 Å². The summed E-state index contributed by atoms with van der Waals surface area (Å²) in [6.07, 6.45) is 0.0803. The molecule has 0 aliphatic rings. The Morgan fingerprint density at radius 3 is 1.62 bits per heavy atom. The molecule has 0 saturated carbocycles. The highest BCUT2D eigenvalue weighted by atomic mass is 19.1. The summed E-state index contributed by atoms with van der Waals surface area (Å²) in [5.41, 5.74) is 3.53. The molecule has 0 aliphatic heterocycles. The molecule has 4 nitrogen and oxygen atoms in total. The summed E-state index contributed by atoms with van der Waals surface area (Å²) in [7, 11) is 1.73. The van der Waals surface area contributed by atoms with E-state index in [0.717, 1.165) is 27.8 Å². The molecule has 1 amide bonds. The van der Waals surface area contributed by atoms with Gasteiger partial charge in [-0.15, -0.1) is 0 Å². The van der Waals surface area contributed by atoms with Gasteiger partial charge in [0.2, 0.25) is 5.91 Å². The van der Waals surface area contributed by atoms with Gasteiger partial charge in [-0.2, -0.15) is 0 Å². The van der Waals surface area contributed by atoms with Crippen LogP contribution in [-0.4, -0.2) is 29.0 Å². The van der Waals surface area contributed by atoms with Crippen molar-refractivity contribution in [3.8, 4) is 0 Å². The Morgan fingerprint density at radius 1 is 0.711 bits per heavy atom. The Labute approximate surface area is 265 Å². The van der Waals surface area contributed by atoms with Crippen molar-refractivity contribution in [2.75, 3.05) is 7.05 Å². The molecule has 5 heteroatoms. The van der Waals surface area contributed by atoms with Gasteiger partial charge >= 0.3 is 0 Å². The van der Waals surface area contributed by atoms with Gasteiger partial charge < -0.3 is 14.7 Å². The van der Waals surface area contributed by atoms with Gasteiger partial charge in [-0.1, -0.05) is 133 Å². The Kier molecular flexibility index (Phi) is 10.6. The second-order valence-corrected chi connectivity index (χ2v) is 11.4. The van der Waals surface area contributed by atoms with Crippen LogP contribution in [0.15, 0.2) is 146 Å². The smallest absolute Gasteiger partial charge is 0.222 e. The molecule has 0 unspecified atom stereocenters. The van der Waals surface area contributed by atoms with E-state index >= 15 is 0 Å². The Morgan fingerprint density at radius 2 is 1.16 bits per heavy atom. The quantitative estimate of drug-likeness (QED) is 0.138. The number of carbonyl (C=O) groups excluding carboxylic acids is 1. The lowest BCUT2D eigenvalue weighted by Gasteiger charge is -2.39. The Balaban J connectivity index is 1.45. The van der Waals surface area contributed by atoms with Crippen LogP contribution in [0.4, 0.5) is 4.39 Å². The van der Waals surface area contributed by atoms with Gasteiger partial charge in [-0.05, 0) is 59.7 Å². The zero-order chi connectivity index (χ0) is 31.6. The number of nitrogens with zero attached hydrogens (tertiary/aromatic N) is 1. The average molecular weight is 602 g/mol. The van der Waals surface area contributed by atoms with E-state index in [-0.39, 0.29) is 18.1 Å². The number of amides is 1. The van der Waals surface area contributed by atoms with Crippen molar-refractivity contribution >= 4 is 5.91 Å². The molecule has 0 bridgehead atoms. The minimum Gasteiger partial charge on any atom is -0.386 e. The molecule has 0 spiro atoms. The fourth-order valence-corrected chi connectivity index (χ4v) is 5.89. The molecule has 0 heterocycles. The number of likely N-dealkylation sites (N-methyl/N-ethyl adjacent to an activating group) is 1. The number of carbonyl (C=O) groups is 1. The third-order valence-corrected chi connectivity index (χ3v) is 8.56. The third-order valence-electron chi connectivity index (χ3n) is 8.56. The second kappa shape index (κ2) is 14.9. The summed E-state index contributed by atoms with van der Waals surface area (Å²) >= 11 is 0. The first-order chi connectivity index (χ1) is 21.9. The summed E-state index contributed by atoms with van der Waals surface area (Å²) < 4.78 is 21.4. The summed E-state index contributed by atoms with van der Waals surface area (Å²) in [5.74, 6) is -0.378. The molecule has 0 saturated heterocycles. The van der Waals surface area contributed by atoms with E-state index in [1.807, 2.05) is 91.9 Å². The van der Waals surface area contributed by atoms with Crippen molar-refractivity contribution in [2.45, 2.75) is 50.0 Å². The summed E-state index contributed by atoms with van der Waals surface area (Å²) in [4.78, 5) is 15.0. The molecule has 5 aromatic rings.